The first-order valence-corrected chi connectivity index (χ1v) is 14.8. The number of hydrogen-bond acceptors (Lipinski definition) is 8. The first-order valence-electron chi connectivity index (χ1n) is 14.8. The third-order valence-electron chi connectivity index (χ3n) is 8.03. The number of amides is 1. The van der Waals surface area contributed by atoms with Crippen LogP contribution in [0, 0.1) is 12.8 Å². The van der Waals surface area contributed by atoms with Crippen molar-refractivity contribution in [3.05, 3.63) is 71.0 Å². The number of hydrogen-bond donors (Lipinski definition) is 3. The maximum Gasteiger partial charge on any atom is 0.416 e. The second-order valence-electron chi connectivity index (χ2n) is 11.2. The summed E-state index contributed by atoms with van der Waals surface area (Å²) >= 11 is 0. The number of aliphatic hydroxyl groups excluding tert-OH is 1. The number of anilines is 1. The number of alkyl halides is 3. The van der Waals surface area contributed by atoms with E-state index in [-0.39, 0.29) is 55.5 Å². The predicted molar refractivity (Wildman–Crippen MR) is 161 cm³/mol. The Morgan fingerprint density at radius 1 is 1.11 bits per heavy atom. The highest BCUT2D eigenvalue weighted by Crippen LogP contribution is 2.36. The average molecular weight is 625 g/mol. The number of aryl methyl sites for hydroxylation is 1. The molecule has 1 atom stereocenters. The Kier molecular flexibility index (Phi) is 9.66. The van der Waals surface area contributed by atoms with E-state index in [4.69, 9.17) is 14.8 Å². The minimum Gasteiger partial charge on any atom is -0.463 e. The molecule has 1 amide bonds. The van der Waals surface area contributed by atoms with Crippen LogP contribution in [-0.4, -0.2) is 62.8 Å². The van der Waals surface area contributed by atoms with Crippen molar-refractivity contribution in [1.29, 1.82) is 0 Å². The van der Waals surface area contributed by atoms with E-state index in [0.29, 0.717) is 29.1 Å². The van der Waals surface area contributed by atoms with Gasteiger partial charge in [-0.1, -0.05) is 42.3 Å². The number of aliphatic hydroxyl groups is 1. The molecule has 2 aromatic heterocycles. The quantitative estimate of drug-likeness (QED) is 0.185. The van der Waals surface area contributed by atoms with Crippen LogP contribution in [0.2, 0.25) is 0 Å². The van der Waals surface area contributed by atoms with E-state index in [2.05, 4.69) is 20.6 Å². The number of methoxy groups -OCH3 is 1. The van der Waals surface area contributed by atoms with Gasteiger partial charge in [-0.2, -0.15) is 13.2 Å². The van der Waals surface area contributed by atoms with Gasteiger partial charge in [-0.3, -0.25) is 4.79 Å². The van der Waals surface area contributed by atoms with Crippen molar-refractivity contribution in [2.75, 3.05) is 25.6 Å². The number of rotatable bonds is 12. The van der Waals surface area contributed by atoms with Crippen molar-refractivity contribution in [3.63, 3.8) is 0 Å². The molecule has 1 saturated carbocycles. The molecule has 3 N–H and O–H groups in total. The number of imidazole rings is 1. The normalized spacial score (nSPS) is 14.2. The van der Waals surface area contributed by atoms with Crippen LogP contribution in [0.3, 0.4) is 0 Å². The average Bonchev–Trinajstić information content (AvgIpc) is 3.35. The number of halogens is 3. The van der Waals surface area contributed by atoms with Gasteiger partial charge in [0.15, 0.2) is 11.5 Å². The molecule has 0 radical (unpaired) electrons. The van der Waals surface area contributed by atoms with Crippen LogP contribution in [-0.2, 0) is 22.3 Å². The number of esters is 1. The van der Waals surface area contributed by atoms with Gasteiger partial charge in [0.25, 0.3) is 0 Å². The van der Waals surface area contributed by atoms with E-state index < -0.39 is 17.7 Å². The monoisotopic (exact) mass is 624 g/mol. The lowest BCUT2D eigenvalue weighted by molar-refractivity contribution is -0.137. The number of carbonyl (C=O) groups is 2. The molecule has 0 saturated heterocycles. The molecular formula is C32H35F3N6O4. The van der Waals surface area contributed by atoms with E-state index in [1.807, 2.05) is 35.8 Å². The van der Waals surface area contributed by atoms with Gasteiger partial charge >= 0.3 is 12.1 Å². The summed E-state index contributed by atoms with van der Waals surface area (Å²) in [6.07, 6.45) is -0.825. The third-order valence-corrected chi connectivity index (χ3v) is 8.03. The minimum atomic E-state index is -4.46. The van der Waals surface area contributed by atoms with Crippen LogP contribution in [0.25, 0.3) is 22.6 Å². The van der Waals surface area contributed by atoms with Crippen LogP contribution < -0.4 is 10.6 Å². The van der Waals surface area contributed by atoms with Crippen LogP contribution in [0.5, 0.6) is 0 Å². The maximum absolute atomic E-state index is 13.3. The number of ether oxygens (including phenoxy) is 1. The standard InChI is InChI=1S/C32H35F3N6O4/c1-19-5-3-8-22(17-19)30-40-28-26(41(30)18-20-9-11-23(12-10-20)32(33,34)35)27(38-29(39-28)31(44)45-2)37-24(21-6-4-7-21)13-14-25(43)36-15-16-42/h3,5,8-12,17,21,24,42H,4,6-7,13-16,18H2,1-2H3,(H,36,43)(H,37,38,39)/t24-/m1/s1. The molecule has 5 rings (SSSR count). The molecule has 4 aromatic rings. The minimum absolute atomic E-state index is 0.144. The molecule has 238 valence electrons. The fourth-order valence-corrected chi connectivity index (χ4v) is 5.47. The number of carbonyl (C=O) groups excluding carboxylic acids is 2. The fourth-order valence-electron chi connectivity index (χ4n) is 5.47. The van der Waals surface area contributed by atoms with Crippen molar-refractivity contribution in [2.45, 2.75) is 57.8 Å². The molecule has 1 fully saturated rings. The summed E-state index contributed by atoms with van der Waals surface area (Å²) in [5.74, 6) is -0.0755. The molecule has 13 heteroatoms. The lowest BCUT2D eigenvalue weighted by Crippen LogP contribution is -2.36. The molecule has 0 aliphatic heterocycles. The van der Waals surface area contributed by atoms with Crippen molar-refractivity contribution < 1.29 is 32.6 Å². The van der Waals surface area contributed by atoms with Gasteiger partial charge in [-0.15, -0.1) is 0 Å². The smallest absolute Gasteiger partial charge is 0.416 e. The second-order valence-corrected chi connectivity index (χ2v) is 11.2. The highest BCUT2D eigenvalue weighted by molar-refractivity contribution is 5.93. The lowest BCUT2D eigenvalue weighted by atomic mass is 9.78. The Hall–Kier alpha value is -4.52. The highest BCUT2D eigenvalue weighted by Gasteiger charge is 2.32. The number of fused-ring (bicyclic) bond motifs is 1. The summed E-state index contributed by atoms with van der Waals surface area (Å²) in [4.78, 5) is 38.8. The lowest BCUT2D eigenvalue weighted by Gasteiger charge is -2.35. The Morgan fingerprint density at radius 2 is 1.87 bits per heavy atom. The predicted octanol–water partition coefficient (Wildman–Crippen LogP) is 5.12. The topological polar surface area (TPSA) is 131 Å². The molecule has 0 unspecified atom stereocenters. The number of nitrogens with one attached hydrogen (secondary N) is 2. The molecule has 1 aliphatic carbocycles. The zero-order valence-corrected chi connectivity index (χ0v) is 25.0. The largest absolute Gasteiger partial charge is 0.463 e. The molecule has 1 aliphatic rings. The van der Waals surface area contributed by atoms with Gasteiger partial charge in [-0.25, -0.2) is 19.7 Å². The van der Waals surface area contributed by atoms with Gasteiger partial charge in [0.05, 0.1) is 19.3 Å². The first-order chi connectivity index (χ1) is 21.6. The summed E-state index contributed by atoms with van der Waals surface area (Å²) in [5.41, 5.74) is 2.25. The van der Waals surface area contributed by atoms with Gasteiger partial charge < -0.3 is 25.0 Å². The van der Waals surface area contributed by atoms with Gasteiger partial charge in [0.2, 0.25) is 11.7 Å². The zero-order chi connectivity index (χ0) is 32.1. The Labute approximate surface area is 258 Å². The van der Waals surface area contributed by atoms with E-state index >= 15 is 0 Å². The van der Waals surface area contributed by atoms with Gasteiger partial charge in [-0.05, 0) is 55.9 Å². The van der Waals surface area contributed by atoms with Crippen LogP contribution >= 0.6 is 0 Å². The molecule has 2 aromatic carbocycles. The SMILES string of the molecule is COC(=O)c1nc(N[C@H](CCC(=O)NCCO)C2CCC2)c2c(n1)nc(-c1cccc(C)c1)n2Cc1ccc(C(F)(F)F)cc1. The summed E-state index contributed by atoms with van der Waals surface area (Å²) < 4.78 is 46.6. The van der Waals surface area contributed by atoms with Crippen LogP contribution in [0.4, 0.5) is 19.0 Å². The van der Waals surface area contributed by atoms with Gasteiger partial charge in [0.1, 0.15) is 11.3 Å². The zero-order valence-electron chi connectivity index (χ0n) is 25.0. The fraction of sp³-hybridized carbons (Fsp3) is 0.406. The molecule has 10 nitrogen and oxygen atoms in total. The highest BCUT2D eigenvalue weighted by atomic mass is 19.4. The van der Waals surface area contributed by atoms with E-state index in [0.717, 1.165) is 42.5 Å². The van der Waals surface area contributed by atoms with Crippen molar-refractivity contribution in [2.24, 2.45) is 5.92 Å². The Morgan fingerprint density at radius 3 is 2.49 bits per heavy atom. The maximum atomic E-state index is 13.3. The molecule has 2 heterocycles. The van der Waals surface area contributed by atoms with Gasteiger partial charge in [0, 0.05) is 31.1 Å². The van der Waals surface area contributed by atoms with Crippen molar-refractivity contribution >= 4 is 28.9 Å². The Bertz CT molecular complexity index is 1670. The summed E-state index contributed by atoms with van der Waals surface area (Å²) in [7, 11) is 1.23. The van der Waals surface area contributed by atoms with E-state index in [1.54, 1.807) is 0 Å². The van der Waals surface area contributed by atoms with Crippen molar-refractivity contribution in [3.8, 4) is 11.4 Å². The summed E-state index contributed by atoms with van der Waals surface area (Å²) in [6, 6.07) is 12.4. The van der Waals surface area contributed by atoms with E-state index in [9.17, 15) is 22.8 Å². The molecule has 0 spiro atoms. The first kappa shape index (κ1) is 31.9. The third kappa shape index (κ3) is 7.42. The molecule has 45 heavy (non-hydrogen) atoms. The molecular weight excluding hydrogens is 589 g/mol. The Balaban J connectivity index is 1.63. The number of benzene rings is 2. The summed E-state index contributed by atoms with van der Waals surface area (Å²) in [6.45, 7) is 2.09. The van der Waals surface area contributed by atoms with Crippen LogP contribution in [0.15, 0.2) is 48.5 Å². The van der Waals surface area contributed by atoms with E-state index in [1.165, 1.54) is 19.2 Å². The second kappa shape index (κ2) is 13.6. The van der Waals surface area contributed by atoms with Crippen LogP contribution in [0.1, 0.15) is 59.4 Å². The number of nitrogens with zero attached hydrogens (tertiary/aromatic N) is 4. The van der Waals surface area contributed by atoms with Crippen molar-refractivity contribution in [1.82, 2.24) is 24.8 Å². The summed E-state index contributed by atoms with van der Waals surface area (Å²) in [5, 5.41) is 15.2. The number of aromatic nitrogens is 4. The molecule has 0 bridgehead atoms.